The Labute approximate surface area is 133 Å². The van der Waals surface area contributed by atoms with Crippen LogP contribution in [0.15, 0.2) is 17.0 Å². The van der Waals surface area contributed by atoms with Crippen molar-refractivity contribution >= 4 is 37.2 Å². The van der Waals surface area contributed by atoms with Gasteiger partial charge in [-0.1, -0.05) is 24.9 Å². The average Bonchev–Trinajstić information content (AvgIpc) is 2.25. The zero-order valence-corrected chi connectivity index (χ0v) is 14.2. The minimum atomic E-state index is -4.30. The van der Waals surface area contributed by atoms with E-state index >= 15 is 0 Å². The van der Waals surface area contributed by atoms with Crippen LogP contribution in [0.5, 0.6) is 0 Å². The van der Waals surface area contributed by atoms with Crippen molar-refractivity contribution in [2.24, 2.45) is 0 Å². The maximum Gasteiger partial charge on any atom is 0.264 e. The van der Waals surface area contributed by atoms with E-state index in [1.807, 2.05) is 20.8 Å². The Bertz CT molecular complexity index is 660. The summed E-state index contributed by atoms with van der Waals surface area (Å²) in [7, 11) is 0.831. The van der Waals surface area contributed by atoms with Crippen LogP contribution < -0.4 is 5.32 Å². The van der Waals surface area contributed by atoms with Gasteiger partial charge in [-0.15, -0.1) is 0 Å². The number of benzene rings is 1. The predicted octanol–water partition coefficient (Wildman–Crippen LogP) is 3.72. The Balaban J connectivity index is 3.22. The fourth-order valence-electron chi connectivity index (χ4n) is 1.95. The van der Waals surface area contributed by atoms with Crippen molar-refractivity contribution in [2.75, 3.05) is 0 Å². The Hall–Kier alpha value is -0.850. The fourth-order valence-corrected chi connectivity index (χ4v) is 3.09. The molecule has 21 heavy (non-hydrogen) atoms. The molecule has 1 N–H and O–H groups in total. The standard InChI is InChI=1S/C13H16Cl2FNO3S/c1-4-5-13(2,3)17-12(18)8-6-11(21(15,19)20)10(16)7-9(8)14/h6-7H,4-5H2,1-3H3,(H,17,18). The molecule has 1 amide bonds. The van der Waals surface area contributed by atoms with E-state index < -0.39 is 31.2 Å². The first kappa shape index (κ1) is 18.2. The maximum absolute atomic E-state index is 13.6. The van der Waals surface area contributed by atoms with Crippen LogP contribution >= 0.6 is 22.3 Å². The third-order valence-corrected chi connectivity index (χ3v) is 4.51. The number of hydrogen-bond acceptors (Lipinski definition) is 3. The van der Waals surface area contributed by atoms with Gasteiger partial charge in [-0.3, -0.25) is 4.79 Å². The van der Waals surface area contributed by atoms with Gasteiger partial charge in [-0.2, -0.15) is 0 Å². The van der Waals surface area contributed by atoms with Crippen LogP contribution in [0.1, 0.15) is 44.0 Å². The highest BCUT2D eigenvalue weighted by Gasteiger charge is 2.25. The Kier molecular flexibility index (Phi) is 5.63. The van der Waals surface area contributed by atoms with Crippen molar-refractivity contribution in [3.05, 3.63) is 28.5 Å². The molecule has 4 nitrogen and oxygen atoms in total. The van der Waals surface area contributed by atoms with Crippen molar-refractivity contribution in [2.45, 2.75) is 44.0 Å². The Morgan fingerprint density at radius 2 is 1.95 bits per heavy atom. The van der Waals surface area contributed by atoms with E-state index in [9.17, 15) is 17.6 Å². The fraction of sp³-hybridized carbons (Fsp3) is 0.462. The Morgan fingerprint density at radius 3 is 2.43 bits per heavy atom. The maximum atomic E-state index is 13.6. The van der Waals surface area contributed by atoms with E-state index in [1.165, 1.54) is 0 Å². The summed E-state index contributed by atoms with van der Waals surface area (Å²) in [5.74, 6) is -1.68. The second-order valence-electron chi connectivity index (χ2n) is 5.29. The first-order chi connectivity index (χ1) is 9.48. The van der Waals surface area contributed by atoms with Crippen LogP contribution in [-0.2, 0) is 9.05 Å². The molecule has 1 rings (SSSR count). The molecule has 0 saturated heterocycles. The zero-order chi connectivity index (χ0) is 16.4. The van der Waals surface area contributed by atoms with Crippen molar-refractivity contribution in [1.82, 2.24) is 5.32 Å². The Morgan fingerprint density at radius 1 is 1.38 bits per heavy atom. The summed E-state index contributed by atoms with van der Waals surface area (Å²) < 4.78 is 36.1. The molecule has 0 aromatic heterocycles. The third kappa shape index (κ3) is 4.83. The lowest BCUT2D eigenvalue weighted by molar-refractivity contribution is 0.0909. The van der Waals surface area contributed by atoms with E-state index in [2.05, 4.69) is 5.32 Å². The van der Waals surface area contributed by atoms with Crippen LogP contribution in [0, 0.1) is 5.82 Å². The molecule has 0 radical (unpaired) electrons. The lowest BCUT2D eigenvalue weighted by atomic mass is 9.98. The number of nitrogens with one attached hydrogen (secondary N) is 1. The SMILES string of the molecule is CCCC(C)(C)NC(=O)c1cc(S(=O)(=O)Cl)c(F)cc1Cl. The number of hydrogen-bond donors (Lipinski definition) is 1. The number of carbonyl (C=O) groups is 1. The molecule has 0 atom stereocenters. The molecule has 0 heterocycles. The van der Waals surface area contributed by atoms with Gasteiger partial charge in [0.2, 0.25) is 0 Å². The highest BCUT2D eigenvalue weighted by atomic mass is 35.7. The van der Waals surface area contributed by atoms with Gasteiger partial charge in [0.05, 0.1) is 10.6 Å². The van der Waals surface area contributed by atoms with E-state index in [1.54, 1.807) is 0 Å². The van der Waals surface area contributed by atoms with Crippen molar-refractivity contribution in [3.63, 3.8) is 0 Å². The van der Waals surface area contributed by atoms with Crippen LogP contribution in [0.4, 0.5) is 4.39 Å². The summed E-state index contributed by atoms with van der Waals surface area (Å²) >= 11 is 5.81. The van der Waals surface area contributed by atoms with Gasteiger partial charge >= 0.3 is 0 Å². The van der Waals surface area contributed by atoms with Crippen molar-refractivity contribution in [1.29, 1.82) is 0 Å². The summed E-state index contributed by atoms with van der Waals surface area (Å²) in [6.07, 6.45) is 1.57. The predicted molar refractivity (Wildman–Crippen MR) is 80.9 cm³/mol. The molecule has 0 unspecified atom stereocenters. The molecule has 0 saturated carbocycles. The van der Waals surface area contributed by atoms with Gasteiger partial charge < -0.3 is 5.32 Å². The molecule has 1 aromatic carbocycles. The first-order valence-electron chi connectivity index (χ1n) is 6.24. The molecule has 0 aliphatic heterocycles. The smallest absolute Gasteiger partial charge is 0.264 e. The lowest BCUT2D eigenvalue weighted by Gasteiger charge is -2.26. The van der Waals surface area contributed by atoms with E-state index in [0.29, 0.717) is 0 Å². The van der Waals surface area contributed by atoms with Gasteiger partial charge in [-0.05, 0) is 32.4 Å². The molecule has 8 heteroatoms. The van der Waals surface area contributed by atoms with Crippen molar-refractivity contribution in [3.8, 4) is 0 Å². The van der Waals surface area contributed by atoms with E-state index in [-0.39, 0.29) is 10.6 Å². The monoisotopic (exact) mass is 355 g/mol. The van der Waals surface area contributed by atoms with Gasteiger partial charge in [-0.25, -0.2) is 12.8 Å². The number of carbonyl (C=O) groups excluding carboxylic acids is 1. The molecule has 0 bridgehead atoms. The molecule has 0 spiro atoms. The largest absolute Gasteiger partial charge is 0.347 e. The van der Waals surface area contributed by atoms with Gasteiger partial charge in [0.15, 0.2) is 0 Å². The zero-order valence-electron chi connectivity index (χ0n) is 11.8. The summed E-state index contributed by atoms with van der Waals surface area (Å²) in [6, 6.07) is 1.61. The minimum absolute atomic E-state index is 0.138. The lowest BCUT2D eigenvalue weighted by Crippen LogP contribution is -2.43. The van der Waals surface area contributed by atoms with E-state index in [0.717, 1.165) is 25.0 Å². The second kappa shape index (κ2) is 6.50. The third-order valence-electron chi connectivity index (χ3n) is 2.86. The quantitative estimate of drug-likeness (QED) is 0.818. The molecule has 1 aromatic rings. The summed E-state index contributed by atoms with van der Waals surface area (Å²) in [5, 5.41) is 2.55. The minimum Gasteiger partial charge on any atom is -0.347 e. The highest BCUT2D eigenvalue weighted by Crippen LogP contribution is 2.27. The molecular weight excluding hydrogens is 340 g/mol. The van der Waals surface area contributed by atoms with Crippen LogP contribution in [0.25, 0.3) is 0 Å². The second-order valence-corrected chi connectivity index (χ2v) is 8.23. The molecular formula is C13H16Cl2FNO3S. The van der Waals surface area contributed by atoms with Crippen LogP contribution in [0.3, 0.4) is 0 Å². The summed E-state index contributed by atoms with van der Waals surface area (Å²) in [5.41, 5.74) is -0.634. The average molecular weight is 356 g/mol. The summed E-state index contributed by atoms with van der Waals surface area (Å²) in [6.45, 7) is 5.62. The van der Waals surface area contributed by atoms with E-state index in [4.69, 9.17) is 22.3 Å². The molecule has 0 fully saturated rings. The topological polar surface area (TPSA) is 63.2 Å². The van der Waals surface area contributed by atoms with Crippen LogP contribution in [-0.4, -0.2) is 19.9 Å². The van der Waals surface area contributed by atoms with Gasteiger partial charge in [0, 0.05) is 16.2 Å². The molecule has 118 valence electrons. The number of amides is 1. The number of rotatable bonds is 5. The van der Waals surface area contributed by atoms with Crippen LogP contribution in [0.2, 0.25) is 5.02 Å². The normalized spacial score (nSPS) is 12.3. The van der Waals surface area contributed by atoms with Crippen molar-refractivity contribution < 1.29 is 17.6 Å². The first-order valence-corrected chi connectivity index (χ1v) is 8.93. The summed E-state index contributed by atoms with van der Waals surface area (Å²) in [4.78, 5) is 11.4. The van der Waals surface area contributed by atoms with Gasteiger partial charge in [0.1, 0.15) is 10.7 Å². The highest BCUT2D eigenvalue weighted by molar-refractivity contribution is 8.13. The number of halogens is 3. The molecule has 0 aliphatic rings. The van der Waals surface area contributed by atoms with Gasteiger partial charge in [0.25, 0.3) is 15.0 Å². The molecule has 0 aliphatic carbocycles.